The highest BCUT2D eigenvalue weighted by atomic mass is 35.5. The van der Waals surface area contributed by atoms with Gasteiger partial charge in [-0.15, -0.1) is 0 Å². The summed E-state index contributed by atoms with van der Waals surface area (Å²) < 4.78 is 25.1. The number of rotatable bonds is 12. The average Bonchev–Trinajstić information content (AvgIpc) is 3.42. The van der Waals surface area contributed by atoms with Gasteiger partial charge in [0.05, 0.1) is 31.4 Å². The van der Waals surface area contributed by atoms with E-state index in [1.807, 2.05) is 45.9 Å². The Morgan fingerprint density at radius 2 is 1.71 bits per heavy atom. The number of ketones is 2. The minimum absolute atomic E-state index is 0.0473. The lowest BCUT2D eigenvalue weighted by molar-refractivity contribution is -0.140. The van der Waals surface area contributed by atoms with Crippen molar-refractivity contribution in [3.05, 3.63) is 38.9 Å². The second-order valence-corrected chi connectivity index (χ2v) is 20.1. The molecular formula is C35H50ClN3O8Si. The molecule has 3 aliphatic rings. The fourth-order valence-corrected chi connectivity index (χ4v) is 8.79. The summed E-state index contributed by atoms with van der Waals surface area (Å²) in [5.41, 5.74) is -0.843. The molecule has 0 radical (unpaired) electrons. The third-order valence-corrected chi connectivity index (χ3v) is 15.3. The molecule has 0 bridgehead atoms. The summed E-state index contributed by atoms with van der Waals surface area (Å²) in [6.07, 6.45) is 3.81. The number of aliphatic hydroxyl groups excluding tert-OH is 2. The van der Waals surface area contributed by atoms with Gasteiger partial charge < -0.3 is 28.6 Å². The first kappa shape index (κ1) is 36.5. The Morgan fingerprint density at radius 3 is 2.29 bits per heavy atom. The summed E-state index contributed by atoms with van der Waals surface area (Å²) in [6.45, 7) is 14.4. The third-order valence-electron chi connectivity index (χ3n) is 10.6. The Balaban J connectivity index is 1.78. The number of aromatic nitrogens is 2. The zero-order chi connectivity index (χ0) is 35.3. The number of Topliss-reactive ketones (excluding diaryl/α,β-unsaturated/α-hetero) is 2. The standard InChI is InChI=1S/C35H50ClN3O8Si/c1-10-12-14-44-28-22(18-40)37-32(36)20-16-19-17-21-26(39(6)7)29-25(33(38-46-29)45-15-13-11-2)31(43)35(21,47-48(8,9)34(3,4)5)30(42)23(19)27(41)24(20)28/h19,21,26,40-41H,10-18H2,1-9H3/t19-,21-,26-,35-/m0/s1. The minimum atomic E-state index is -2.86. The molecule has 0 saturated heterocycles. The second-order valence-electron chi connectivity index (χ2n) is 15.0. The van der Waals surface area contributed by atoms with Crippen molar-refractivity contribution in [2.75, 3.05) is 27.3 Å². The Bertz CT molecular complexity index is 1610. The van der Waals surface area contributed by atoms with Gasteiger partial charge >= 0.3 is 0 Å². The van der Waals surface area contributed by atoms with Crippen LogP contribution in [0.3, 0.4) is 0 Å². The minimum Gasteiger partial charge on any atom is -0.507 e. The first-order chi connectivity index (χ1) is 22.6. The molecular weight excluding hydrogens is 654 g/mol. The summed E-state index contributed by atoms with van der Waals surface area (Å²) in [6, 6.07) is -0.564. The van der Waals surface area contributed by atoms with Crippen LogP contribution in [0.15, 0.2) is 10.1 Å². The van der Waals surface area contributed by atoms with E-state index in [2.05, 4.69) is 30.9 Å². The Kier molecular flexibility index (Phi) is 10.3. The summed E-state index contributed by atoms with van der Waals surface area (Å²) in [4.78, 5) is 37.0. The van der Waals surface area contributed by atoms with Crippen LogP contribution >= 0.6 is 11.6 Å². The van der Waals surface area contributed by atoms with E-state index in [1.165, 1.54) is 0 Å². The van der Waals surface area contributed by atoms with Crippen LogP contribution in [-0.2, 0) is 22.2 Å². The van der Waals surface area contributed by atoms with Crippen molar-refractivity contribution in [2.24, 2.45) is 11.8 Å². The number of halogens is 1. The fraction of sp³-hybridized carbons (Fsp3) is 0.657. The highest BCUT2D eigenvalue weighted by Crippen LogP contribution is 2.59. The molecule has 1 saturated carbocycles. The molecule has 0 amide bonds. The molecule has 0 spiro atoms. The van der Waals surface area contributed by atoms with Gasteiger partial charge in [-0.3, -0.25) is 14.5 Å². The molecule has 1 fully saturated rings. The Morgan fingerprint density at radius 1 is 1.06 bits per heavy atom. The molecule has 2 aromatic rings. The van der Waals surface area contributed by atoms with Crippen molar-refractivity contribution in [2.45, 2.75) is 110 Å². The van der Waals surface area contributed by atoms with Gasteiger partial charge in [0, 0.05) is 17.1 Å². The quantitative estimate of drug-likeness (QED) is 0.103. The molecule has 2 aromatic heterocycles. The van der Waals surface area contributed by atoms with Crippen molar-refractivity contribution >= 4 is 37.2 Å². The van der Waals surface area contributed by atoms with Crippen molar-refractivity contribution in [1.29, 1.82) is 0 Å². The van der Waals surface area contributed by atoms with Gasteiger partial charge in [0.1, 0.15) is 22.2 Å². The van der Waals surface area contributed by atoms with Crippen LogP contribution in [-0.4, -0.2) is 78.0 Å². The highest BCUT2D eigenvalue weighted by Gasteiger charge is 2.69. The lowest BCUT2D eigenvalue weighted by Gasteiger charge is -2.55. The molecule has 11 nitrogen and oxygen atoms in total. The van der Waals surface area contributed by atoms with Gasteiger partial charge in [-0.1, -0.05) is 59.1 Å². The van der Waals surface area contributed by atoms with E-state index in [1.54, 1.807) is 0 Å². The number of carbonyl (C=O) groups is 2. The molecule has 13 heteroatoms. The average molecular weight is 704 g/mol. The molecule has 0 unspecified atom stereocenters. The maximum absolute atomic E-state index is 15.4. The number of aliphatic hydroxyl groups is 2. The lowest BCUT2D eigenvalue weighted by atomic mass is 9.57. The van der Waals surface area contributed by atoms with E-state index >= 15 is 9.59 Å². The Labute approximate surface area is 289 Å². The van der Waals surface area contributed by atoms with Crippen LogP contribution < -0.4 is 9.47 Å². The second kappa shape index (κ2) is 13.5. The monoisotopic (exact) mass is 703 g/mol. The molecule has 3 aliphatic carbocycles. The van der Waals surface area contributed by atoms with Crippen molar-refractivity contribution < 1.29 is 38.2 Å². The van der Waals surface area contributed by atoms with E-state index in [4.69, 9.17) is 30.0 Å². The summed E-state index contributed by atoms with van der Waals surface area (Å²) in [5.74, 6) is -2.07. The number of hydrogen-bond acceptors (Lipinski definition) is 11. The topological polar surface area (TPSA) is 144 Å². The van der Waals surface area contributed by atoms with Crippen molar-refractivity contribution in [1.82, 2.24) is 15.0 Å². The van der Waals surface area contributed by atoms with Crippen LogP contribution in [0.2, 0.25) is 23.3 Å². The van der Waals surface area contributed by atoms with Gasteiger partial charge in [-0.25, -0.2) is 4.98 Å². The summed E-state index contributed by atoms with van der Waals surface area (Å²) in [7, 11) is 0.895. The lowest BCUT2D eigenvalue weighted by Crippen LogP contribution is -2.68. The van der Waals surface area contributed by atoms with Crippen molar-refractivity contribution in [3.63, 3.8) is 0 Å². The normalized spacial score (nSPS) is 24.0. The van der Waals surface area contributed by atoms with E-state index in [9.17, 15) is 10.2 Å². The van der Waals surface area contributed by atoms with Crippen LogP contribution in [0.5, 0.6) is 11.6 Å². The molecule has 5 rings (SSSR count). The largest absolute Gasteiger partial charge is 0.507 e. The number of fused-ring (bicyclic) bond motifs is 4. The van der Waals surface area contributed by atoms with Gasteiger partial charge in [0.2, 0.25) is 11.6 Å². The van der Waals surface area contributed by atoms with Crippen LogP contribution in [0.25, 0.3) is 5.76 Å². The molecule has 4 atom stereocenters. The van der Waals surface area contributed by atoms with E-state index in [0.717, 1.165) is 25.7 Å². The SMILES string of the molecule is CCCCOc1noc2c1C(=O)[C@@]1(O[Si](C)(C)C(C)(C)C)C(=O)C3=C(O)c4c(c(Cl)nc(CO)c4OCCCC)C[C@H]3C[C@H]1[C@@H]2N(C)C. The number of ether oxygens (including phenoxy) is 2. The number of hydrogen-bond donors (Lipinski definition) is 2. The molecule has 48 heavy (non-hydrogen) atoms. The zero-order valence-electron chi connectivity index (χ0n) is 29.7. The van der Waals surface area contributed by atoms with Gasteiger partial charge in [-0.2, -0.15) is 0 Å². The molecule has 2 N–H and O–H groups in total. The highest BCUT2D eigenvalue weighted by molar-refractivity contribution is 6.74. The van der Waals surface area contributed by atoms with Crippen LogP contribution in [0.4, 0.5) is 0 Å². The molecule has 2 heterocycles. The summed E-state index contributed by atoms with van der Waals surface area (Å²) in [5, 5.41) is 26.3. The van der Waals surface area contributed by atoms with Crippen LogP contribution in [0, 0.1) is 11.8 Å². The van der Waals surface area contributed by atoms with E-state index in [-0.39, 0.29) is 56.4 Å². The van der Waals surface area contributed by atoms with Gasteiger partial charge in [-0.05, 0) is 69.0 Å². The fourth-order valence-electron chi connectivity index (χ4n) is 7.07. The zero-order valence-corrected chi connectivity index (χ0v) is 31.4. The smallest absolute Gasteiger partial charge is 0.265 e. The first-order valence-corrected chi connectivity index (χ1v) is 20.3. The van der Waals surface area contributed by atoms with Gasteiger partial charge in [0.25, 0.3) is 5.88 Å². The van der Waals surface area contributed by atoms with Gasteiger partial charge in [0.15, 0.2) is 25.4 Å². The predicted octanol–water partition coefficient (Wildman–Crippen LogP) is 6.86. The third kappa shape index (κ3) is 5.81. The number of nitrogens with zero attached hydrogens (tertiary/aromatic N) is 3. The number of unbranched alkanes of at least 4 members (excludes halogenated alkanes) is 2. The molecule has 264 valence electrons. The predicted molar refractivity (Wildman–Crippen MR) is 184 cm³/mol. The maximum atomic E-state index is 15.4. The number of carbonyl (C=O) groups excluding carboxylic acids is 2. The Hall–Kier alpha value is -2.77. The maximum Gasteiger partial charge on any atom is 0.265 e. The summed E-state index contributed by atoms with van der Waals surface area (Å²) >= 11 is 6.70. The first-order valence-electron chi connectivity index (χ1n) is 17.0. The van der Waals surface area contributed by atoms with Crippen LogP contribution in [0.1, 0.15) is 106 Å². The number of pyridine rings is 1. The van der Waals surface area contributed by atoms with E-state index < -0.39 is 50.0 Å². The molecule has 0 aliphatic heterocycles. The van der Waals surface area contributed by atoms with E-state index in [0.29, 0.717) is 31.0 Å². The molecule has 0 aromatic carbocycles. The van der Waals surface area contributed by atoms with Crippen molar-refractivity contribution in [3.8, 4) is 11.6 Å².